The molecule has 21 heavy (non-hydrogen) atoms. The minimum atomic E-state index is -0.312. The van der Waals surface area contributed by atoms with E-state index in [0.717, 1.165) is 11.3 Å². The number of halogens is 2. The van der Waals surface area contributed by atoms with Gasteiger partial charge in [0.25, 0.3) is 0 Å². The zero-order valence-corrected chi connectivity index (χ0v) is 11.8. The van der Waals surface area contributed by atoms with E-state index in [1.807, 2.05) is 24.3 Å². The summed E-state index contributed by atoms with van der Waals surface area (Å²) in [5, 5.41) is 3.56. The summed E-state index contributed by atoms with van der Waals surface area (Å²) in [5.74, 6) is 0.395. The van der Waals surface area contributed by atoms with Crippen LogP contribution in [-0.4, -0.2) is 4.98 Å². The fourth-order valence-corrected chi connectivity index (χ4v) is 2.23. The zero-order valence-electron chi connectivity index (χ0n) is 11.0. The maximum absolute atomic E-state index is 13.7. The Labute approximate surface area is 126 Å². The Morgan fingerprint density at radius 3 is 2.62 bits per heavy atom. The van der Waals surface area contributed by atoms with E-state index >= 15 is 0 Å². The van der Waals surface area contributed by atoms with E-state index in [1.165, 1.54) is 12.5 Å². The van der Waals surface area contributed by atoms with Crippen LogP contribution in [0.1, 0.15) is 5.56 Å². The number of anilines is 1. The molecule has 0 atom stereocenters. The van der Waals surface area contributed by atoms with Crippen LogP contribution in [0.3, 0.4) is 0 Å². The topological polar surface area (TPSA) is 38.1 Å². The molecule has 0 aliphatic carbocycles. The Kier molecular flexibility index (Phi) is 3.88. The molecule has 0 aliphatic rings. The van der Waals surface area contributed by atoms with Crippen molar-refractivity contribution in [1.29, 1.82) is 0 Å². The van der Waals surface area contributed by atoms with Crippen LogP contribution in [0.4, 0.5) is 10.1 Å². The molecule has 106 valence electrons. The van der Waals surface area contributed by atoms with Crippen LogP contribution in [-0.2, 0) is 6.54 Å². The van der Waals surface area contributed by atoms with Gasteiger partial charge in [0.2, 0.25) is 0 Å². The number of nitrogens with zero attached hydrogens (tertiary/aromatic N) is 1. The summed E-state index contributed by atoms with van der Waals surface area (Å²) < 4.78 is 18.9. The Hall–Kier alpha value is -2.33. The highest BCUT2D eigenvalue weighted by Gasteiger charge is 2.06. The normalized spacial score (nSPS) is 10.6. The minimum Gasteiger partial charge on any atom is -0.444 e. The van der Waals surface area contributed by atoms with Gasteiger partial charge in [-0.2, -0.15) is 0 Å². The molecule has 0 spiro atoms. The third-order valence-corrected chi connectivity index (χ3v) is 3.49. The van der Waals surface area contributed by atoms with Crippen LogP contribution in [0.25, 0.3) is 11.3 Å². The highest BCUT2D eigenvalue weighted by atomic mass is 35.5. The molecule has 0 unspecified atom stereocenters. The average Bonchev–Trinajstić information content (AvgIpc) is 3.02. The van der Waals surface area contributed by atoms with E-state index in [-0.39, 0.29) is 5.82 Å². The summed E-state index contributed by atoms with van der Waals surface area (Å²) >= 11 is 5.99. The van der Waals surface area contributed by atoms with E-state index in [2.05, 4.69) is 10.3 Å². The molecule has 0 bridgehead atoms. The molecule has 0 aliphatic heterocycles. The fourth-order valence-electron chi connectivity index (χ4n) is 2.00. The van der Waals surface area contributed by atoms with Crippen LogP contribution in [0.2, 0.25) is 5.02 Å². The van der Waals surface area contributed by atoms with Gasteiger partial charge in [0.1, 0.15) is 5.82 Å². The van der Waals surface area contributed by atoms with E-state index in [4.69, 9.17) is 16.0 Å². The van der Waals surface area contributed by atoms with Crippen molar-refractivity contribution < 1.29 is 8.81 Å². The van der Waals surface area contributed by atoms with E-state index in [9.17, 15) is 4.39 Å². The number of benzene rings is 2. The molecule has 1 N–H and O–H groups in total. The smallest absolute Gasteiger partial charge is 0.181 e. The molecule has 5 heteroatoms. The number of nitrogens with one attached hydrogen (secondary N) is 1. The molecule has 0 radical (unpaired) electrons. The lowest BCUT2D eigenvalue weighted by molar-refractivity contribution is 0.572. The molecule has 0 amide bonds. The first-order chi connectivity index (χ1) is 10.2. The molecule has 3 rings (SSSR count). The average molecular weight is 303 g/mol. The molecular weight excluding hydrogens is 291 g/mol. The van der Waals surface area contributed by atoms with Crippen LogP contribution in [0.15, 0.2) is 59.5 Å². The van der Waals surface area contributed by atoms with Crippen LogP contribution in [0.5, 0.6) is 0 Å². The van der Waals surface area contributed by atoms with Crippen molar-refractivity contribution in [2.75, 3.05) is 5.32 Å². The number of rotatable bonds is 4. The molecule has 0 saturated carbocycles. The predicted molar refractivity (Wildman–Crippen MR) is 80.7 cm³/mol. The second-order valence-electron chi connectivity index (χ2n) is 4.50. The summed E-state index contributed by atoms with van der Waals surface area (Å²) in [6.07, 6.45) is 3.04. The first-order valence-corrected chi connectivity index (χ1v) is 6.77. The number of hydrogen-bond acceptors (Lipinski definition) is 3. The van der Waals surface area contributed by atoms with Crippen molar-refractivity contribution in [3.05, 3.63) is 71.5 Å². The lowest BCUT2D eigenvalue weighted by Gasteiger charge is -2.09. The third-order valence-electron chi connectivity index (χ3n) is 3.13. The van der Waals surface area contributed by atoms with Crippen molar-refractivity contribution in [2.24, 2.45) is 0 Å². The monoisotopic (exact) mass is 302 g/mol. The van der Waals surface area contributed by atoms with E-state index in [0.29, 0.717) is 22.9 Å². The largest absolute Gasteiger partial charge is 0.444 e. The lowest BCUT2D eigenvalue weighted by Crippen LogP contribution is -2.02. The van der Waals surface area contributed by atoms with Crippen molar-refractivity contribution in [2.45, 2.75) is 6.54 Å². The van der Waals surface area contributed by atoms with Gasteiger partial charge in [-0.15, -0.1) is 0 Å². The highest BCUT2D eigenvalue weighted by molar-refractivity contribution is 6.31. The number of aromatic nitrogens is 1. The van der Waals surface area contributed by atoms with Crippen LogP contribution < -0.4 is 5.32 Å². The summed E-state index contributed by atoms with van der Waals surface area (Å²) in [5.41, 5.74) is 2.26. The second-order valence-corrected chi connectivity index (χ2v) is 4.90. The standard InChI is InChI=1S/C16H12ClFN2O/c17-14-2-1-3-15(18)13(14)8-20-12-6-4-11(5-7-12)16-9-19-10-21-16/h1-7,9-10,20H,8H2. The van der Waals surface area contributed by atoms with Gasteiger partial charge in [-0.05, 0) is 36.4 Å². The molecule has 3 nitrogen and oxygen atoms in total. The zero-order chi connectivity index (χ0) is 14.7. The SMILES string of the molecule is Fc1cccc(Cl)c1CNc1ccc(-c2cnco2)cc1. The molecule has 1 aromatic heterocycles. The van der Waals surface area contributed by atoms with E-state index < -0.39 is 0 Å². The Bertz CT molecular complexity index is 706. The number of oxazole rings is 1. The van der Waals surface area contributed by atoms with Gasteiger partial charge in [-0.25, -0.2) is 9.37 Å². The van der Waals surface area contributed by atoms with Crippen molar-refractivity contribution in [1.82, 2.24) is 4.98 Å². The first-order valence-electron chi connectivity index (χ1n) is 6.40. The summed E-state index contributed by atoms with van der Waals surface area (Å²) in [7, 11) is 0. The summed E-state index contributed by atoms with van der Waals surface area (Å²) in [4.78, 5) is 3.88. The Balaban J connectivity index is 1.71. The predicted octanol–water partition coefficient (Wildman–Crippen LogP) is 4.75. The Morgan fingerprint density at radius 2 is 1.95 bits per heavy atom. The number of hydrogen-bond donors (Lipinski definition) is 1. The molecular formula is C16H12ClFN2O. The third kappa shape index (κ3) is 3.06. The van der Waals surface area contributed by atoms with Gasteiger partial charge in [-0.3, -0.25) is 0 Å². The molecule has 2 aromatic carbocycles. The highest BCUT2D eigenvalue weighted by Crippen LogP contribution is 2.23. The summed E-state index contributed by atoms with van der Waals surface area (Å²) in [6.45, 7) is 0.327. The van der Waals surface area contributed by atoms with Gasteiger partial charge in [0, 0.05) is 28.4 Å². The van der Waals surface area contributed by atoms with E-state index in [1.54, 1.807) is 18.3 Å². The van der Waals surface area contributed by atoms with Crippen molar-refractivity contribution >= 4 is 17.3 Å². The Morgan fingerprint density at radius 1 is 1.14 bits per heavy atom. The van der Waals surface area contributed by atoms with Crippen molar-refractivity contribution in [3.8, 4) is 11.3 Å². The van der Waals surface area contributed by atoms with Crippen molar-refractivity contribution in [3.63, 3.8) is 0 Å². The van der Waals surface area contributed by atoms with Gasteiger partial charge >= 0.3 is 0 Å². The fraction of sp³-hybridized carbons (Fsp3) is 0.0625. The van der Waals surface area contributed by atoms with Gasteiger partial charge < -0.3 is 9.73 Å². The van der Waals surface area contributed by atoms with Gasteiger partial charge in [0.05, 0.1) is 6.20 Å². The minimum absolute atomic E-state index is 0.312. The molecule has 3 aromatic rings. The molecule has 0 saturated heterocycles. The van der Waals surface area contributed by atoms with Crippen LogP contribution >= 0.6 is 11.6 Å². The van der Waals surface area contributed by atoms with Crippen LogP contribution in [0, 0.1) is 5.82 Å². The molecule has 1 heterocycles. The van der Waals surface area contributed by atoms with Gasteiger partial charge in [-0.1, -0.05) is 17.7 Å². The second kappa shape index (κ2) is 5.97. The quantitative estimate of drug-likeness (QED) is 0.756. The lowest BCUT2D eigenvalue weighted by atomic mass is 10.1. The van der Waals surface area contributed by atoms with Gasteiger partial charge in [0.15, 0.2) is 12.2 Å². The first kappa shape index (κ1) is 13.6. The molecule has 0 fully saturated rings. The maximum atomic E-state index is 13.7. The summed E-state index contributed by atoms with van der Waals surface area (Å²) in [6, 6.07) is 12.3. The maximum Gasteiger partial charge on any atom is 0.181 e.